The quantitative estimate of drug-likeness (QED) is 0.711. The average molecular weight is 270 g/mol. The molecule has 2 rings (SSSR count). The van der Waals surface area contributed by atoms with Crippen LogP contribution >= 0.6 is 0 Å². The first-order valence-corrected chi connectivity index (χ1v) is 7.55. The summed E-state index contributed by atoms with van der Waals surface area (Å²) >= 11 is 0. The monoisotopic (exact) mass is 270 g/mol. The molecule has 0 aromatic carbocycles. The molecule has 1 N–H and O–H groups in total. The molecule has 112 valence electrons. The van der Waals surface area contributed by atoms with Crippen LogP contribution in [0.15, 0.2) is 0 Å². The van der Waals surface area contributed by atoms with Crippen molar-refractivity contribution < 1.29 is 9.47 Å². The minimum Gasteiger partial charge on any atom is -0.382 e. The summed E-state index contributed by atoms with van der Waals surface area (Å²) in [6, 6.07) is 0. The highest BCUT2D eigenvalue weighted by Gasteiger charge is 2.47. The predicted octanol–water partition coefficient (Wildman–Crippen LogP) is 1.50. The molecule has 0 amide bonds. The van der Waals surface area contributed by atoms with Crippen molar-refractivity contribution in [1.82, 2.24) is 10.2 Å². The molecule has 2 fully saturated rings. The Morgan fingerprint density at radius 2 is 1.89 bits per heavy atom. The zero-order valence-corrected chi connectivity index (χ0v) is 13.0. The summed E-state index contributed by atoms with van der Waals surface area (Å²) in [4.78, 5) is 2.59. The fraction of sp³-hybridized carbons (Fsp3) is 1.00. The first-order chi connectivity index (χ1) is 8.98. The van der Waals surface area contributed by atoms with Crippen LogP contribution in [0.25, 0.3) is 0 Å². The molecule has 1 saturated heterocycles. The molecule has 0 spiro atoms. The first-order valence-electron chi connectivity index (χ1n) is 7.55. The zero-order valence-electron chi connectivity index (χ0n) is 13.0. The van der Waals surface area contributed by atoms with E-state index in [1.807, 2.05) is 0 Å². The number of ether oxygens (including phenoxy) is 2. The summed E-state index contributed by atoms with van der Waals surface area (Å²) in [7, 11) is 1.71. The van der Waals surface area contributed by atoms with Gasteiger partial charge in [-0.2, -0.15) is 0 Å². The Labute approximate surface area is 117 Å². The summed E-state index contributed by atoms with van der Waals surface area (Å²) in [5.74, 6) is 0.875. The predicted molar refractivity (Wildman–Crippen MR) is 77.5 cm³/mol. The lowest BCUT2D eigenvalue weighted by Gasteiger charge is -2.51. The van der Waals surface area contributed by atoms with Crippen LogP contribution in [0.1, 0.15) is 33.6 Å². The lowest BCUT2D eigenvalue weighted by molar-refractivity contribution is -0.00649. The lowest BCUT2D eigenvalue weighted by Crippen LogP contribution is -2.68. The van der Waals surface area contributed by atoms with Crippen molar-refractivity contribution in [3.8, 4) is 0 Å². The van der Waals surface area contributed by atoms with E-state index in [0.29, 0.717) is 18.8 Å². The number of nitrogens with zero attached hydrogens (tertiary/aromatic N) is 1. The van der Waals surface area contributed by atoms with E-state index in [4.69, 9.17) is 9.47 Å². The topological polar surface area (TPSA) is 33.7 Å². The van der Waals surface area contributed by atoms with E-state index in [9.17, 15) is 0 Å². The molecule has 2 aliphatic rings. The van der Waals surface area contributed by atoms with Gasteiger partial charge in [-0.15, -0.1) is 0 Å². The minimum absolute atomic E-state index is 0.221. The van der Waals surface area contributed by atoms with E-state index >= 15 is 0 Å². The maximum atomic E-state index is 5.63. The number of piperazine rings is 1. The molecule has 4 nitrogen and oxygen atoms in total. The molecule has 1 atom stereocenters. The van der Waals surface area contributed by atoms with Crippen molar-refractivity contribution in [3.05, 3.63) is 0 Å². The van der Waals surface area contributed by atoms with Gasteiger partial charge in [0.25, 0.3) is 0 Å². The highest BCUT2D eigenvalue weighted by Crippen LogP contribution is 2.42. The van der Waals surface area contributed by atoms with Crippen LogP contribution in [0.4, 0.5) is 0 Å². The van der Waals surface area contributed by atoms with Gasteiger partial charge in [0.05, 0.1) is 19.8 Å². The van der Waals surface area contributed by atoms with Crippen LogP contribution in [-0.2, 0) is 9.47 Å². The van der Waals surface area contributed by atoms with Crippen LogP contribution < -0.4 is 5.32 Å². The van der Waals surface area contributed by atoms with Gasteiger partial charge in [0, 0.05) is 37.8 Å². The molecule has 4 heteroatoms. The minimum atomic E-state index is 0.221. The van der Waals surface area contributed by atoms with Gasteiger partial charge >= 0.3 is 0 Å². The van der Waals surface area contributed by atoms with Gasteiger partial charge in [0.2, 0.25) is 0 Å². The highest BCUT2D eigenvalue weighted by molar-refractivity contribution is 5.06. The molecule has 1 aliphatic carbocycles. The second kappa shape index (κ2) is 6.08. The van der Waals surface area contributed by atoms with Gasteiger partial charge in [-0.05, 0) is 39.5 Å². The fourth-order valence-electron chi connectivity index (χ4n) is 2.99. The third kappa shape index (κ3) is 3.91. The zero-order chi connectivity index (χ0) is 13.9. The highest BCUT2D eigenvalue weighted by atomic mass is 16.5. The van der Waals surface area contributed by atoms with Crippen LogP contribution in [-0.4, -0.2) is 62.5 Å². The number of nitrogens with one attached hydrogen (secondary N) is 1. The standard InChI is InChI=1S/C15H30N2O2/c1-14(2)11-16-15(3,13-5-6-13)12-17(14)7-8-19-10-9-18-4/h13,16H,5-12H2,1-4H3. The van der Waals surface area contributed by atoms with E-state index in [-0.39, 0.29) is 5.54 Å². The van der Waals surface area contributed by atoms with Crippen molar-refractivity contribution in [2.45, 2.75) is 44.7 Å². The third-order valence-electron chi connectivity index (χ3n) is 4.72. The molecule has 1 aliphatic heterocycles. The summed E-state index contributed by atoms with van der Waals surface area (Å²) < 4.78 is 10.6. The maximum Gasteiger partial charge on any atom is 0.0700 e. The number of methoxy groups -OCH3 is 1. The Morgan fingerprint density at radius 3 is 2.53 bits per heavy atom. The molecule has 0 aromatic heterocycles. The van der Waals surface area contributed by atoms with E-state index in [1.54, 1.807) is 7.11 Å². The SMILES string of the molecule is COCCOCCN1CC(C)(C2CC2)NCC1(C)C. The van der Waals surface area contributed by atoms with Crippen LogP contribution in [0, 0.1) is 5.92 Å². The number of hydrogen-bond acceptors (Lipinski definition) is 4. The second-order valence-corrected chi connectivity index (χ2v) is 6.88. The molecular formula is C15H30N2O2. The third-order valence-corrected chi connectivity index (χ3v) is 4.72. The summed E-state index contributed by atoms with van der Waals surface area (Å²) in [6.07, 6.45) is 2.78. The average Bonchev–Trinajstić information content (AvgIpc) is 3.18. The Balaban J connectivity index is 1.81. The molecule has 0 aromatic rings. The Morgan fingerprint density at radius 1 is 1.16 bits per heavy atom. The maximum absolute atomic E-state index is 5.63. The van der Waals surface area contributed by atoms with Crippen molar-refractivity contribution in [1.29, 1.82) is 0 Å². The van der Waals surface area contributed by atoms with E-state index < -0.39 is 0 Å². The number of hydrogen-bond donors (Lipinski definition) is 1. The van der Waals surface area contributed by atoms with Crippen molar-refractivity contribution in [3.63, 3.8) is 0 Å². The fourth-order valence-corrected chi connectivity index (χ4v) is 2.99. The van der Waals surface area contributed by atoms with Gasteiger partial charge in [0.15, 0.2) is 0 Å². The molecule has 1 unspecified atom stereocenters. The van der Waals surface area contributed by atoms with Gasteiger partial charge in [-0.25, -0.2) is 0 Å². The molecular weight excluding hydrogens is 240 g/mol. The van der Waals surface area contributed by atoms with Gasteiger partial charge < -0.3 is 14.8 Å². The van der Waals surface area contributed by atoms with Crippen molar-refractivity contribution >= 4 is 0 Å². The van der Waals surface area contributed by atoms with Crippen LogP contribution in [0.2, 0.25) is 0 Å². The largest absolute Gasteiger partial charge is 0.382 e. The van der Waals surface area contributed by atoms with Gasteiger partial charge in [0.1, 0.15) is 0 Å². The Bertz CT molecular complexity index is 292. The molecule has 0 radical (unpaired) electrons. The van der Waals surface area contributed by atoms with E-state index in [2.05, 4.69) is 31.0 Å². The van der Waals surface area contributed by atoms with Crippen LogP contribution in [0.5, 0.6) is 0 Å². The Kier molecular flexibility index (Phi) is 4.88. The van der Waals surface area contributed by atoms with Gasteiger partial charge in [-0.3, -0.25) is 4.90 Å². The molecule has 1 heterocycles. The number of rotatable bonds is 7. The Hall–Kier alpha value is -0.160. The van der Waals surface area contributed by atoms with Crippen LogP contribution in [0.3, 0.4) is 0 Å². The summed E-state index contributed by atoms with van der Waals surface area (Å²) in [5.41, 5.74) is 0.529. The van der Waals surface area contributed by atoms with Crippen molar-refractivity contribution in [2.75, 3.05) is 46.6 Å². The second-order valence-electron chi connectivity index (χ2n) is 6.88. The van der Waals surface area contributed by atoms with Gasteiger partial charge in [-0.1, -0.05) is 0 Å². The summed E-state index contributed by atoms with van der Waals surface area (Å²) in [5, 5.41) is 3.79. The lowest BCUT2D eigenvalue weighted by atomic mass is 9.86. The van der Waals surface area contributed by atoms with Crippen molar-refractivity contribution in [2.24, 2.45) is 5.92 Å². The summed E-state index contributed by atoms with van der Waals surface area (Å²) in [6.45, 7) is 12.4. The molecule has 19 heavy (non-hydrogen) atoms. The van der Waals surface area contributed by atoms with E-state index in [0.717, 1.165) is 32.2 Å². The smallest absolute Gasteiger partial charge is 0.0700 e. The molecule has 0 bridgehead atoms. The van der Waals surface area contributed by atoms with E-state index in [1.165, 1.54) is 12.8 Å². The normalized spacial score (nSPS) is 31.6. The first kappa shape index (κ1) is 15.2. The molecule has 1 saturated carbocycles.